The van der Waals surface area contributed by atoms with E-state index >= 15 is 0 Å². The first-order valence-corrected chi connectivity index (χ1v) is 11.3. The number of aromatic nitrogens is 1. The fourth-order valence-electron chi connectivity index (χ4n) is 3.03. The van der Waals surface area contributed by atoms with Gasteiger partial charge in [-0.15, -0.1) is 11.3 Å². The Kier molecular flexibility index (Phi) is 8.03. The van der Waals surface area contributed by atoms with E-state index in [1.165, 1.54) is 16.9 Å². The van der Waals surface area contributed by atoms with E-state index in [0.717, 1.165) is 28.3 Å². The normalized spacial score (nSPS) is 12.6. The van der Waals surface area contributed by atoms with Gasteiger partial charge in [0.15, 0.2) is 11.1 Å². The molecule has 0 bridgehead atoms. The Morgan fingerprint density at radius 2 is 2.00 bits per heavy atom. The van der Waals surface area contributed by atoms with Gasteiger partial charge in [-0.3, -0.25) is 4.99 Å². The lowest BCUT2D eigenvalue weighted by Crippen LogP contribution is -2.24. The predicted octanol–water partition coefficient (Wildman–Crippen LogP) is 5.62. The van der Waals surface area contributed by atoms with Crippen LogP contribution >= 0.6 is 11.3 Å². The van der Waals surface area contributed by atoms with Crippen LogP contribution in [-0.4, -0.2) is 30.7 Å². The number of nitrogens with two attached hydrogens (primary N) is 1. The lowest BCUT2D eigenvalue weighted by atomic mass is 10.1. The molecule has 0 amide bonds. The summed E-state index contributed by atoms with van der Waals surface area (Å²) < 4.78 is 11.6. The number of para-hydroxylation sites is 1. The average Bonchev–Trinajstić information content (AvgIpc) is 3.21. The molecule has 0 saturated carbocycles. The number of hydrogen-bond donors (Lipinski definition) is 2. The maximum Gasteiger partial charge on any atom is 0.194 e. The van der Waals surface area contributed by atoms with Crippen LogP contribution in [0.15, 0.2) is 52.8 Å². The number of hydrogen-bond acceptors (Lipinski definition) is 5. The zero-order chi connectivity index (χ0) is 22.2. The summed E-state index contributed by atoms with van der Waals surface area (Å²) in [6.07, 6.45) is 0. The summed E-state index contributed by atoms with van der Waals surface area (Å²) in [5.41, 5.74) is 10.1. The minimum atomic E-state index is 0.307. The summed E-state index contributed by atoms with van der Waals surface area (Å²) >= 11 is 1.48. The zero-order valence-electron chi connectivity index (χ0n) is 18.5. The number of aliphatic imine (C=N–C) groups is 1. The Bertz CT molecular complexity index is 1030. The van der Waals surface area contributed by atoms with E-state index < -0.39 is 0 Å². The van der Waals surface area contributed by atoms with Gasteiger partial charge in [0, 0.05) is 24.1 Å². The molecule has 1 heterocycles. The largest absolute Gasteiger partial charge is 0.456 e. The molecule has 3 aromatic rings. The molecule has 0 aliphatic rings. The summed E-state index contributed by atoms with van der Waals surface area (Å²) in [7, 11) is 0. The molecule has 31 heavy (non-hydrogen) atoms. The molecule has 0 fully saturated rings. The minimum Gasteiger partial charge on any atom is -0.456 e. The third kappa shape index (κ3) is 6.54. The van der Waals surface area contributed by atoms with Gasteiger partial charge in [-0.1, -0.05) is 36.8 Å². The van der Waals surface area contributed by atoms with E-state index in [0.29, 0.717) is 36.8 Å². The SMILES string of the molecule is CCOCC(C)CN=C(N)Nc1nc(-c2ccccc2Oc2ccc(C)cc2C)cs1. The molecule has 1 unspecified atom stereocenters. The lowest BCUT2D eigenvalue weighted by Gasteiger charge is -2.12. The summed E-state index contributed by atoms with van der Waals surface area (Å²) in [5.74, 6) is 2.26. The number of nitrogens with zero attached hydrogens (tertiary/aromatic N) is 2. The van der Waals surface area contributed by atoms with Crippen molar-refractivity contribution in [2.45, 2.75) is 27.7 Å². The average molecular weight is 439 g/mol. The molecular formula is C24H30N4O2S. The number of benzene rings is 2. The number of ether oxygens (including phenoxy) is 2. The van der Waals surface area contributed by atoms with Crippen molar-refractivity contribution in [3.63, 3.8) is 0 Å². The maximum atomic E-state index is 6.22. The van der Waals surface area contributed by atoms with Gasteiger partial charge in [0.1, 0.15) is 11.5 Å². The van der Waals surface area contributed by atoms with Crippen molar-refractivity contribution >= 4 is 22.4 Å². The Morgan fingerprint density at radius 3 is 2.77 bits per heavy atom. The van der Waals surface area contributed by atoms with Crippen molar-refractivity contribution < 1.29 is 9.47 Å². The van der Waals surface area contributed by atoms with Crippen LogP contribution in [-0.2, 0) is 4.74 Å². The quantitative estimate of drug-likeness (QED) is 0.335. The second-order valence-electron chi connectivity index (χ2n) is 7.52. The van der Waals surface area contributed by atoms with Gasteiger partial charge in [0.05, 0.1) is 12.3 Å². The highest BCUT2D eigenvalue weighted by molar-refractivity contribution is 7.14. The van der Waals surface area contributed by atoms with Crippen LogP contribution < -0.4 is 15.8 Å². The molecule has 1 aromatic heterocycles. The van der Waals surface area contributed by atoms with Gasteiger partial charge in [-0.2, -0.15) is 0 Å². The highest BCUT2D eigenvalue weighted by atomic mass is 32.1. The lowest BCUT2D eigenvalue weighted by molar-refractivity contribution is 0.119. The minimum absolute atomic E-state index is 0.307. The van der Waals surface area contributed by atoms with Crippen molar-refractivity contribution in [3.05, 3.63) is 59.0 Å². The number of rotatable bonds is 9. The van der Waals surface area contributed by atoms with Gasteiger partial charge in [-0.25, -0.2) is 4.98 Å². The smallest absolute Gasteiger partial charge is 0.194 e. The van der Waals surface area contributed by atoms with E-state index in [1.807, 2.05) is 55.6 Å². The first-order valence-electron chi connectivity index (χ1n) is 10.4. The third-order valence-corrected chi connectivity index (χ3v) is 5.39. The molecule has 0 saturated heterocycles. The van der Waals surface area contributed by atoms with Crippen molar-refractivity contribution in [3.8, 4) is 22.8 Å². The number of aryl methyl sites for hydroxylation is 2. The Morgan fingerprint density at radius 1 is 1.19 bits per heavy atom. The van der Waals surface area contributed by atoms with Gasteiger partial charge in [0.25, 0.3) is 0 Å². The Hall–Kier alpha value is -2.90. The first kappa shape index (κ1) is 22.8. The second kappa shape index (κ2) is 10.9. The molecule has 0 aliphatic carbocycles. The highest BCUT2D eigenvalue weighted by Gasteiger charge is 2.12. The van der Waals surface area contributed by atoms with Crippen LogP contribution in [0.2, 0.25) is 0 Å². The molecule has 6 nitrogen and oxygen atoms in total. The molecule has 2 aromatic carbocycles. The molecule has 0 aliphatic heterocycles. The molecule has 0 spiro atoms. The fourth-order valence-corrected chi connectivity index (χ4v) is 3.75. The summed E-state index contributed by atoms with van der Waals surface area (Å²) in [6.45, 7) is 10.2. The van der Waals surface area contributed by atoms with E-state index in [1.54, 1.807) is 0 Å². The van der Waals surface area contributed by atoms with E-state index in [4.69, 9.17) is 15.2 Å². The zero-order valence-corrected chi connectivity index (χ0v) is 19.3. The standard InChI is InChI=1S/C24H30N4O2S/c1-5-29-14-17(3)13-26-23(25)28-24-27-20(15-31-24)19-8-6-7-9-22(19)30-21-11-10-16(2)12-18(21)4/h6-12,15,17H,5,13-14H2,1-4H3,(H3,25,26,27,28). The molecule has 7 heteroatoms. The molecule has 3 N–H and O–H groups in total. The van der Waals surface area contributed by atoms with E-state index in [-0.39, 0.29) is 0 Å². The number of thiazole rings is 1. The van der Waals surface area contributed by atoms with Crippen LogP contribution in [0.4, 0.5) is 5.13 Å². The maximum absolute atomic E-state index is 6.22. The van der Waals surface area contributed by atoms with Crippen LogP contribution in [0.1, 0.15) is 25.0 Å². The van der Waals surface area contributed by atoms with Crippen LogP contribution in [0.3, 0.4) is 0 Å². The van der Waals surface area contributed by atoms with Crippen LogP contribution in [0.5, 0.6) is 11.5 Å². The van der Waals surface area contributed by atoms with E-state index in [9.17, 15) is 0 Å². The Balaban J connectivity index is 1.71. The third-order valence-electron chi connectivity index (χ3n) is 4.63. The molecule has 3 rings (SSSR count). The summed E-state index contributed by atoms with van der Waals surface area (Å²) in [4.78, 5) is 9.07. The second-order valence-corrected chi connectivity index (χ2v) is 8.38. The van der Waals surface area contributed by atoms with E-state index in [2.05, 4.69) is 35.2 Å². The summed E-state index contributed by atoms with van der Waals surface area (Å²) in [6, 6.07) is 14.1. The monoisotopic (exact) mass is 438 g/mol. The number of anilines is 1. The topological polar surface area (TPSA) is 81.8 Å². The molecule has 0 radical (unpaired) electrons. The fraction of sp³-hybridized carbons (Fsp3) is 0.333. The number of nitrogens with one attached hydrogen (secondary N) is 1. The first-order chi connectivity index (χ1) is 15.0. The summed E-state index contributed by atoms with van der Waals surface area (Å²) in [5, 5.41) is 5.76. The molecule has 1 atom stereocenters. The van der Waals surface area contributed by atoms with Crippen molar-refractivity contribution in [1.29, 1.82) is 0 Å². The number of guanidine groups is 1. The van der Waals surface area contributed by atoms with Gasteiger partial charge in [0.2, 0.25) is 0 Å². The van der Waals surface area contributed by atoms with Crippen molar-refractivity contribution in [2.75, 3.05) is 25.1 Å². The van der Waals surface area contributed by atoms with Gasteiger partial charge in [-0.05, 0) is 50.5 Å². The predicted molar refractivity (Wildman–Crippen MR) is 129 cm³/mol. The van der Waals surface area contributed by atoms with Gasteiger partial charge >= 0.3 is 0 Å². The van der Waals surface area contributed by atoms with Crippen molar-refractivity contribution in [2.24, 2.45) is 16.6 Å². The van der Waals surface area contributed by atoms with Crippen molar-refractivity contribution in [1.82, 2.24) is 4.98 Å². The van der Waals surface area contributed by atoms with Gasteiger partial charge < -0.3 is 20.5 Å². The van der Waals surface area contributed by atoms with Crippen LogP contribution in [0.25, 0.3) is 11.3 Å². The van der Waals surface area contributed by atoms with Crippen LogP contribution in [0, 0.1) is 19.8 Å². The Labute approximate surface area is 188 Å². The molecule has 164 valence electrons. The highest BCUT2D eigenvalue weighted by Crippen LogP contribution is 2.35. The molecular weight excluding hydrogens is 408 g/mol.